The fourth-order valence-corrected chi connectivity index (χ4v) is 3.65. The second kappa shape index (κ2) is 7.89. The fourth-order valence-electron chi connectivity index (χ4n) is 3.14. The highest BCUT2D eigenvalue weighted by Gasteiger charge is 2.40. The number of hydrogen-bond acceptors (Lipinski definition) is 3. The van der Waals surface area contributed by atoms with E-state index in [1.165, 1.54) is 24.3 Å². The van der Waals surface area contributed by atoms with Gasteiger partial charge in [-0.2, -0.15) is 0 Å². The van der Waals surface area contributed by atoms with Crippen LogP contribution in [-0.4, -0.2) is 11.8 Å². The summed E-state index contributed by atoms with van der Waals surface area (Å²) in [5.41, 5.74) is 0.800. The number of nitrogens with one attached hydrogen (secondary N) is 1. The largest absolute Gasteiger partial charge is 0.350 e. The Kier molecular flexibility index (Phi) is 5.28. The summed E-state index contributed by atoms with van der Waals surface area (Å²) in [6, 6.07) is 16.0. The van der Waals surface area contributed by atoms with E-state index in [2.05, 4.69) is 5.32 Å². The van der Waals surface area contributed by atoms with E-state index in [0.717, 1.165) is 17.0 Å². The normalized spacial score (nSPS) is 13.9. The summed E-state index contributed by atoms with van der Waals surface area (Å²) < 4.78 is 26.9. The molecule has 0 radical (unpaired) electrons. The summed E-state index contributed by atoms with van der Waals surface area (Å²) in [7, 11) is 0. The van der Waals surface area contributed by atoms with E-state index in [0.29, 0.717) is 5.56 Å². The van der Waals surface area contributed by atoms with Gasteiger partial charge in [-0.3, -0.25) is 9.59 Å². The number of anilines is 2. The Morgan fingerprint density at radius 2 is 1.43 bits per heavy atom. The molecule has 0 saturated carbocycles. The maximum absolute atomic E-state index is 13.7. The van der Waals surface area contributed by atoms with Gasteiger partial charge in [0.15, 0.2) is 11.6 Å². The predicted octanol–water partition coefficient (Wildman–Crippen LogP) is 5.67. The SMILES string of the molecule is O=C1C(Nc2ccc(F)c(F)c2)=C(c2ccccc2)C(=O)N1c1cc(Cl)cc(Cl)c1. The molecule has 0 aliphatic carbocycles. The Balaban J connectivity index is 1.83. The highest BCUT2D eigenvalue weighted by Crippen LogP contribution is 2.35. The van der Waals surface area contributed by atoms with Crippen LogP contribution >= 0.6 is 23.2 Å². The quantitative estimate of drug-likeness (QED) is 0.527. The first kappa shape index (κ1) is 20.1. The molecule has 1 aliphatic heterocycles. The van der Waals surface area contributed by atoms with Crippen LogP contribution in [0.25, 0.3) is 5.57 Å². The van der Waals surface area contributed by atoms with E-state index >= 15 is 0 Å². The van der Waals surface area contributed by atoms with Gasteiger partial charge in [-0.05, 0) is 35.9 Å². The summed E-state index contributed by atoms with van der Waals surface area (Å²) in [4.78, 5) is 27.4. The minimum absolute atomic E-state index is 0.0756. The maximum atomic E-state index is 13.7. The monoisotopic (exact) mass is 444 g/mol. The van der Waals surface area contributed by atoms with E-state index in [4.69, 9.17) is 23.2 Å². The van der Waals surface area contributed by atoms with Crippen LogP contribution in [-0.2, 0) is 9.59 Å². The summed E-state index contributed by atoms with van der Waals surface area (Å²) in [5.74, 6) is -3.39. The van der Waals surface area contributed by atoms with Crippen molar-refractivity contribution in [3.05, 3.63) is 99.7 Å². The Morgan fingerprint density at radius 1 is 0.767 bits per heavy atom. The van der Waals surface area contributed by atoms with E-state index in [1.54, 1.807) is 30.3 Å². The average molecular weight is 445 g/mol. The van der Waals surface area contributed by atoms with Crippen molar-refractivity contribution in [2.24, 2.45) is 0 Å². The van der Waals surface area contributed by atoms with E-state index in [9.17, 15) is 18.4 Å². The zero-order chi connectivity index (χ0) is 21.4. The zero-order valence-corrected chi connectivity index (χ0v) is 16.6. The molecular weight excluding hydrogens is 433 g/mol. The molecule has 4 rings (SSSR count). The minimum Gasteiger partial charge on any atom is -0.350 e. The van der Waals surface area contributed by atoms with Crippen molar-refractivity contribution in [3.8, 4) is 0 Å². The summed E-state index contributed by atoms with van der Waals surface area (Å²) >= 11 is 12.1. The molecule has 0 fully saturated rings. The Bertz CT molecular complexity index is 1190. The molecule has 0 saturated heterocycles. The van der Waals surface area contributed by atoms with Gasteiger partial charge in [0, 0.05) is 21.8 Å². The Morgan fingerprint density at radius 3 is 2.07 bits per heavy atom. The fraction of sp³-hybridized carbons (Fsp3) is 0. The topological polar surface area (TPSA) is 49.4 Å². The molecule has 0 unspecified atom stereocenters. The van der Waals surface area contributed by atoms with Crippen LogP contribution in [0.5, 0.6) is 0 Å². The van der Waals surface area contributed by atoms with Gasteiger partial charge < -0.3 is 5.32 Å². The first-order valence-electron chi connectivity index (χ1n) is 8.72. The standard InChI is InChI=1S/C22H12Cl2F2N2O2/c23-13-8-14(24)10-16(9-13)28-21(29)19(12-4-2-1-3-5-12)20(22(28)30)27-15-6-7-17(25)18(26)11-15/h1-11,27H. The number of carbonyl (C=O) groups is 2. The smallest absolute Gasteiger partial charge is 0.282 e. The lowest BCUT2D eigenvalue weighted by Gasteiger charge is -2.16. The third-order valence-corrected chi connectivity index (χ3v) is 4.88. The number of imide groups is 1. The van der Waals surface area contributed by atoms with Gasteiger partial charge in [-0.1, -0.05) is 53.5 Å². The van der Waals surface area contributed by atoms with Crippen LogP contribution in [0.2, 0.25) is 10.0 Å². The molecular formula is C22H12Cl2F2N2O2. The second-order valence-corrected chi connectivity index (χ2v) is 7.32. The molecule has 0 bridgehead atoms. The van der Waals surface area contributed by atoms with Gasteiger partial charge in [0.1, 0.15) is 5.70 Å². The highest BCUT2D eigenvalue weighted by molar-refractivity contribution is 6.46. The zero-order valence-electron chi connectivity index (χ0n) is 15.1. The number of hydrogen-bond donors (Lipinski definition) is 1. The first-order valence-corrected chi connectivity index (χ1v) is 9.47. The average Bonchev–Trinajstić information content (AvgIpc) is 2.94. The van der Waals surface area contributed by atoms with E-state index < -0.39 is 23.4 Å². The molecule has 0 atom stereocenters. The van der Waals surface area contributed by atoms with Crippen LogP contribution in [0.1, 0.15) is 5.56 Å². The van der Waals surface area contributed by atoms with Crippen molar-refractivity contribution in [2.75, 3.05) is 10.2 Å². The molecule has 0 spiro atoms. The van der Waals surface area contributed by atoms with Crippen LogP contribution in [0.4, 0.5) is 20.2 Å². The van der Waals surface area contributed by atoms with Crippen LogP contribution in [0, 0.1) is 11.6 Å². The molecule has 8 heteroatoms. The Hall–Kier alpha value is -3.22. The Labute approximate surface area is 180 Å². The molecule has 0 aromatic heterocycles. The van der Waals surface area contributed by atoms with Crippen LogP contribution in [0.15, 0.2) is 72.4 Å². The van der Waals surface area contributed by atoms with Crippen molar-refractivity contribution in [1.29, 1.82) is 0 Å². The number of carbonyl (C=O) groups excluding carboxylic acids is 2. The van der Waals surface area contributed by atoms with Gasteiger partial charge in [0.25, 0.3) is 11.8 Å². The van der Waals surface area contributed by atoms with Gasteiger partial charge >= 0.3 is 0 Å². The molecule has 1 aliphatic rings. The third-order valence-electron chi connectivity index (χ3n) is 4.44. The molecule has 3 aromatic rings. The lowest BCUT2D eigenvalue weighted by molar-refractivity contribution is -0.120. The van der Waals surface area contributed by atoms with Crippen molar-refractivity contribution in [2.45, 2.75) is 0 Å². The molecule has 1 N–H and O–H groups in total. The number of benzene rings is 3. The van der Waals surface area contributed by atoms with Crippen molar-refractivity contribution < 1.29 is 18.4 Å². The van der Waals surface area contributed by atoms with Gasteiger partial charge in [0.05, 0.1) is 11.3 Å². The lowest BCUT2D eigenvalue weighted by Crippen LogP contribution is -2.32. The van der Waals surface area contributed by atoms with Crippen LogP contribution in [0.3, 0.4) is 0 Å². The summed E-state index contributed by atoms with van der Waals surface area (Å²) in [6.45, 7) is 0. The van der Waals surface area contributed by atoms with Crippen molar-refractivity contribution >= 4 is 52.0 Å². The molecule has 30 heavy (non-hydrogen) atoms. The van der Waals surface area contributed by atoms with Crippen molar-refractivity contribution in [3.63, 3.8) is 0 Å². The number of rotatable bonds is 4. The van der Waals surface area contributed by atoms with Crippen LogP contribution < -0.4 is 10.2 Å². The third kappa shape index (κ3) is 3.67. The summed E-state index contributed by atoms with van der Waals surface area (Å²) in [6.07, 6.45) is 0. The predicted molar refractivity (Wildman–Crippen MR) is 112 cm³/mol. The van der Waals surface area contributed by atoms with Crippen molar-refractivity contribution in [1.82, 2.24) is 0 Å². The van der Waals surface area contributed by atoms with Gasteiger partial charge in [0.2, 0.25) is 0 Å². The first-order chi connectivity index (χ1) is 14.3. The minimum atomic E-state index is -1.09. The second-order valence-electron chi connectivity index (χ2n) is 6.44. The molecule has 150 valence electrons. The van der Waals surface area contributed by atoms with E-state index in [1.807, 2.05) is 0 Å². The highest BCUT2D eigenvalue weighted by atomic mass is 35.5. The summed E-state index contributed by atoms with van der Waals surface area (Å²) in [5, 5.41) is 3.26. The van der Waals surface area contributed by atoms with Gasteiger partial charge in [-0.15, -0.1) is 0 Å². The number of amides is 2. The lowest BCUT2D eigenvalue weighted by atomic mass is 10.0. The maximum Gasteiger partial charge on any atom is 0.282 e. The number of halogens is 4. The number of nitrogens with zero attached hydrogens (tertiary/aromatic N) is 1. The van der Waals surface area contributed by atoms with Gasteiger partial charge in [-0.25, -0.2) is 13.7 Å². The van der Waals surface area contributed by atoms with E-state index in [-0.39, 0.29) is 32.7 Å². The molecule has 3 aromatic carbocycles. The molecule has 2 amide bonds. The molecule has 4 nitrogen and oxygen atoms in total. The molecule has 1 heterocycles.